The smallest absolute Gasteiger partial charge is 0.132 e. The van der Waals surface area contributed by atoms with Gasteiger partial charge >= 0.3 is 0 Å². The van der Waals surface area contributed by atoms with Crippen LogP contribution in [0, 0.1) is 0 Å². The van der Waals surface area contributed by atoms with Gasteiger partial charge in [0, 0.05) is 16.1 Å². The molecular weight excluding hydrogens is 374 g/mol. The number of fused-ring (bicyclic) bond motifs is 1. The molecule has 1 heterocycles. The van der Waals surface area contributed by atoms with Crippen molar-refractivity contribution in [2.45, 2.75) is 6.61 Å². The van der Waals surface area contributed by atoms with Gasteiger partial charge in [0.15, 0.2) is 0 Å². The molecule has 0 saturated carbocycles. The second kappa shape index (κ2) is 8.06. The number of benzene rings is 3. The van der Waals surface area contributed by atoms with Crippen molar-refractivity contribution < 1.29 is 9.94 Å². The number of nitrogens with zero attached hydrogens (tertiary/aromatic N) is 3. The number of hydrogen-bond acceptors (Lipinski definition) is 5. The van der Waals surface area contributed by atoms with E-state index in [2.05, 4.69) is 5.16 Å². The molecule has 0 aliphatic rings. The van der Waals surface area contributed by atoms with Crippen LogP contribution in [0.3, 0.4) is 0 Å². The Balaban J connectivity index is 1.75. The minimum absolute atomic E-state index is 0.214. The molecule has 5 nitrogen and oxygen atoms in total. The Hall–Kier alpha value is -3.44. The van der Waals surface area contributed by atoms with E-state index < -0.39 is 0 Å². The molecule has 4 aromatic rings. The van der Waals surface area contributed by atoms with E-state index in [-0.39, 0.29) is 6.61 Å². The molecule has 0 fully saturated rings. The summed E-state index contributed by atoms with van der Waals surface area (Å²) < 4.78 is 5.98. The van der Waals surface area contributed by atoms with Gasteiger partial charge in [-0.05, 0) is 36.4 Å². The van der Waals surface area contributed by atoms with Crippen molar-refractivity contribution in [1.29, 1.82) is 0 Å². The second-order valence-electron chi connectivity index (χ2n) is 6.09. The number of ether oxygens (including phenoxy) is 1. The first-order valence-electron chi connectivity index (χ1n) is 8.65. The van der Waals surface area contributed by atoms with E-state index in [0.717, 1.165) is 22.3 Å². The van der Waals surface area contributed by atoms with Gasteiger partial charge in [-0.25, -0.2) is 9.97 Å². The fraction of sp³-hybridized carbons (Fsp3) is 0.0455. The molecule has 3 aromatic carbocycles. The fourth-order valence-corrected chi connectivity index (χ4v) is 3.03. The number of aromatic nitrogens is 2. The Kier molecular flexibility index (Phi) is 5.17. The van der Waals surface area contributed by atoms with Crippen molar-refractivity contribution in [3.8, 4) is 17.0 Å². The summed E-state index contributed by atoms with van der Waals surface area (Å²) >= 11 is 6.03. The average molecular weight is 390 g/mol. The van der Waals surface area contributed by atoms with Crippen LogP contribution in [0.4, 0.5) is 0 Å². The summed E-state index contributed by atoms with van der Waals surface area (Å²) in [4.78, 5) is 9.56. The van der Waals surface area contributed by atoms with Gasteiger partial charge in [-0.2, -0.15) is 0 Å². The number of oxime groups is 1. The van der Waals surface area contributed by atoms with Gasteiger partial charge in [0.05, 0.1) is 22.9 Å². The lowest BCUT2D eigenvalue weighted by Crippen LogP contribution is -2.05. The Morgan fingerprint density at radius 2 is 1.57 bits per heavy atom. The summed E-state index contributed by atoms with van der Waals surface area (Å²) in [6.45, 7) is 0.214. The number of halogens is 1. The maximum absolute atomic E-state index is 8.84. The molecular formula is C22H16ClN3O2. The molecule has 28 heavy (non-hydrogen) atoms. The van der Waals surface area contributed by atoms with Crippen LogP contribution in [0.1, 0.15) is 11.3 Å². The standard InChI is InChI=1S/C22H16ClN3O2/c23-17-11-9-15(10-12-17)22-20(25-18-6-2-3-7-19(18)26-22)14-28-21-8-4-1-5-16(21)13-24-27/h1-13,27H,14H2. The zero-order chi connectivity index (χ0) is 19.3. The van der Waals surface area contributed by atoms with Gasteiger partial charge in [0.25, 0.3) is 0 Å². The SMILES string of the molecule is ON=Cc1ccccc1OCc1nc2ccccc2nc1-c1ccc(Cl)cc1. The van der Waals surface area contributed by atoms with Crippen molar-refractivity contribution >= 4 is 28.8 Å². The monoisotopic (exact) mass is 389 g/mol. The molecule has 1 aromatic heterocycles. The Morgan fingerprint density at radius 3 is 2.32 bits per heavy atom. The number of rotatable bonds is 5. The zero-order valence-electron chi connectivity index (χ0n) is 14.8. The summed E-state index contributed by atoms with van der Waals surface area (Å²) in [5, 5.41) is 12.6. The highest BCUT2D eigenvalue weighted by Crippen LogP contribution is 2.26. The first-order valence-corrected chi connectivity index (χ1v) is 9.03. The molecule has 0 atom stereocenters. The lowest BCUT2D eigenvalue weighted by atomic mass is 10.1. The molecule has 0 unspecified atom stereocenters. The minimum Gasteiger partial charge on any atom is -0.487 e. The van der Waals surface area contributed by atoms with Crippen LogP contribution in [0.5, 0.6) is 5.75 Å². The Labute approximate surface area is 166 Å². The first-order chi connectivity index (χ1) is 13.7. The largest absolute Gasteiger partial charge is 0.487 e. The van der Waals surface area contributed by atoms with Gasteiger partial charge < -0.3 is 9.94 Å². The van der Waals surface area contributed by atoms with Crippen molar-refractivity contribution in [1.82, 2.24) is 9.97 Å². The summed E-state index contributed by atoms with van der Waals surface area (Å²) in [7, 11) is 0. The molecule has 0 amide bonds. The Bertz CT molecular complexity index is 1140. The van der Waals surface area contributed by atoms with Crippen molar-refractivity contribution in [2.75, 3.05) is 0 Å². The first kappa shape index (κ1) is 17.9. The predicted octanol–water partition coefficient (Wildman–Crippen LogP) is 5.34. The lowest BCUT2D eigenvalue weighted by Gasteiger charge is -2.13. The van der Waals surface area contributed by atoms with Crippen LogP contribution in [-0.4, -0.2) is 21.4 Å². The van der Waals surface area contributed by atoms with Crippen molar-refractivity contribution in [3.05, 3.63) is 89.1 Å². The molecule has 4 rings (SSSR count). The van der Waals surface area contributed by atoms with Gasteiger partial charge in [-0.1, -0.05) is 53.2 Å². The van der Waals surface area contributed by atoms with Crippen LogP contribution in [0.25, 0.3) is 22.3 Å². The number of para-hydroxylation sites is 3. The van der Waals surface area contributed by atoms with E-state index in [1.54, 1.807) is 6.07 Å². The molecule has 138 valence electrons. The van der Waals surface area contributed by atoms with Gasteiger partial charge in [-0.3, -0.25) is 0 Å². The van der Waals surface area contributed by atoms with Crippen molar-refractivity contribution in [2.24, 2.45) is 5.16 Å². The molecule has 0 saturated heterocycles. The van der Waals surface area contributed by atoms with E-state index in [9.17, 15) is 0 Å². The summed E-state index contributed by atoms with van der Waals surface area (Å²) in [6, 6.07) is 22.5. The molecule has 0 aliphatic carbocycles. The van der Waals surface area contributed by atoms with Crippen LogP contribution in [-0.2, 0) is 6.61 Å². The average Bonchev–Trinajstić information content (AvgIpc) is 2.73. The van der Waals surface area contributed by atoms with Crippen LogP contribution in [0.15, 0.2) is 78.0 Å². The second-order valence-corrected chi connectivity index (χ2v) is 6.52. The third-order valence-corrected chi connectivity index (χ3v) is 4.49. The molecule has 0 radical (unpaired) electrons. The molecule has 0 aliphatic heterocycles. The predicted molar refractivity (Wildman–Crippen MR) is 110 cm³/mol. The molecule has 0 spiro atoms. The van der Waals surface area contributed by atoms with Crippen LogP contribution < -0.4 is 4.74 Å². The van der Waals surface area contributed by atoms with Gasteiger partial charge in [-0.15, -0.1) is 0 Å². The van der Waals surface area contributed by atoms with E-state index in [0.29, 0.717) is 22.0 Å². The fourth-order valence-electron chi connectivity index (χ4n) is 2.90. The molecule has 6 heteroatoms. The van der Waals surface area contributed by atoms with E-state index in [4.69, 9.17) is 31.5 Å². The highest BCUT2D eigenvalue weighted by atomic mass is 35.5. The van der Waals surface area contributed by atoms with Gasteiger partial charge in [0.2, 0.25) is 0 Å². The van der Waals surface area contributed by atoms with Crippen LogP contribution in [0.2, 0.25) is 5.02 Å². The quantitative estimate of drug-likeness (QED) is 0.284. The maximum atomic E-state index is 8.84. The number of hydrogen-bond donors (Lipinski definition) is 1. The van der Waals surface area contributed by atoms with E-state index >= 15 is 0 Å². The Morgan fingerprint density at radius 1 is 0.893 bits per heavy atom. The van der Waals surface area contributed by atoms with E-state index in [1.807, 2.05) is 66.7 Å². The maximum Gasteiger partial charge on any atom is 0.132 e. The summed E-state index contributed by atoms with van der Waals surface area (Å²) in [5.41, 5.74) is 4.63. The van der Waals surface area contributed by atoms with Crippen molar-refractivity contribution in [3.63, 3.8) is 0 Å². The minimum atomic E-state index is 0.214. The summed E-state index contributed by atoms with van der Waals surface area (Å²) in [5.74, 6) is 0.595. The third-order valence-electron chi connectivity index (χ3n) is 4.24. The molecule has 1 N–H and O–H groups in total. The topological polar surface area (TPSA) is 67.6 Å². The highest BCUT2D eigenvalue weighted by Gasteiger charge is 2.13. The van der Waals surface area contributed by atoms with E-state index in [1.165, 1.54) is 6.21 Å². The zero-order valence-corrected chi connectivity index (χ0v) is 15.5. The summed E-state index contributed by atoms with van der Waals surface area (Å²) in [6.07, 6.45) is 1.33. The van der Waals surface area contributed by atoms with Crippen LogP contribution >= 0.6 is 11.6 Å². The lowest BCUT2D eigenvalue weighted by molar-refractivity contribution is 0.300. The van der Waals surface area contributed by atoms with Gasteiger partial charge in [0.1, 0.15) is 18.1 Å². The third kappa shape index (κ3) is 3.80. The highest BCUT2D eigenvalue weighted by molar-refractivity contribution is 6.30. The molecule has 0 bridgehead atoms. The normalized spacial score (nSPS) is 11.2.